The highest BCUT2D eigenvalue weighted by Crippen LogP contribution is 2.16. The van der Waals surface area contributed by atoms with Crippen LogP contribution in [0.5, 0.6) is 0 Å². The third-order valence-electron chi connectivity index (χ3n) is 12.2. The van der Waals surface area contributed by atoms with Gasteiger partial charge in [0, 0.05) is 19.3 Å². The Morgan fingerprint density at radius 2 is 0.582 bits per heavy atom. The van der Waals surface area contributed by atoms with Crippen LogP contribution in [-0.2, 0) is 28.6 Å². The first-order valence-electron chi connectivity index (χ1n) is 28.4. The summed E-state index contributed by atoms with van der Waals surface area (Å²) < 4.78 is 16.8. The molecule has 0 rings (SSSR count). The first-order valence-corrected chi connectivity index (χ1v) is 28.4. The standard InChI is InChI=1S/C61H106O6/c1-4-7-10-13-16-19-22-25-28-29-30-31-34-36-39-42-45-48-51-54-60(63)66-57-58(67-61(64)55-52-49-46-43-40-37-33-27-24-21-18-15-12-9-6-3)56-65-59(62)53-50-47-44-41-38-35-32-26-23-20-17-14-11-8-5-2/h7,10,16,19,25,28,30-31,36,39,45,48,58H,4-6,8-9,11-15,17-18,20-24,26-27,29,32-35,37-38,40-44,46-47,49-57H2,1-3H3/b10-7-,19-16+,28-25+,31-30+,39-36+,48-45+. The average Bonchev–Trinajstić information content (AvgIpc) is 3.33. The lowest BCUT2D eigenvalue weighted by atomic mass is 10.0. The summed E-state index contributed by atoms with van der Waals surface area (Å²) in [5, 5.41) is 0. The summed E-state index contributed by atoms with van der Waals surface area (Å²) in [6, 6.07) is 0. The fraction of sp³-hybridized carbons (Fsp3) is 0.754. The molecule has 386 valence electrons. The number of allylic oxidation sites excluding steroid dienone is 12. The van der Waals surface area contributed by atoms with Crippen LogP contribution >= 0.6 is 0 Å². The van der Waals surface area contributed by atoms with Crippen LogP contribution in [0.1, 0.15) is 278 Å². The van der Waals surface area contributed by atoms with Gasteiger partial charge in [-0.25, -0.2) is 0 Å². The van der Waals surface area contributed by atoms with Gasteiger partial charge < -0.3 is 14.2 Å². The maximum atomic E-state index is 12.8. The van der Waals surface area contributed by atoms with Crippen molar-refractivity contribution in [2.45, 2.75) is 284 Å². The van der Waals surface area contributed by atoms with Crippen molar-refractivity contribution >= 4 is 17.9 Å². The van der Waals surface area contributed by atoms with Crippen molar-refractivity contribution in [1.29, 1.82) is 0 Å². The minimum atomic E-state index is -0.802. The first-order chi connectivity index (χ1) is 33.0. The van der Waals surface area contributed by atoms with Crippen molar-refractivity contribution in [1.82, 2.24) is 0 Å². The SMILES string of the molecule is CC/C=C\C/C=C/C/C=C/C/C=C/C/C=C/C/C=C/CCC(=O)OCC(COC(=O)CCCCCCCCCCCCCCCCC)OC(=O)CCCCCCCCCCCCCCCCC. The molecule has 1 unspecified atom stereocenters. The van der Waals surface area contributed by atoms with E-state index in [1.165, 1.54) is 154 Å². The van der Waals surface area contributed by atoms with Gasteiger partial charge in [-0.05, 0) is 57.8 Å². The summed E-state index contributed by atoms with van der Waals surface area (Å²) in [6.45, 7) is 6.49. The fourth-order valence-electron chi connectivity index (χ4n) is 8.00. The van der Waals surface area contributed by atoms with Crippen molar-refractivity contribution in [3.8, 4) is 0 Å². The van der Waals surface area contributed by atoms with Gasteiger partial charge in [0.05, 0.1) is 0 Å². The molecule has 0 N–H and O–H groups in total. The Bertz CT molecular complexity index is 1260. The highest BCUT2D eigenvalue weighted by Gasteiger charge is 2.19. The summed E-state index contributed by atoms with van der Waals surface area (Å²) in [7, 11) is 0. The van der Waals surface area contributed by atoms with E-state index < -0.39 is 6.10 Å². The van der Waals surface area contributed by atoms with Gasteiger partial charge in [-0.2, -0.15) is 0 Å². The first kappa shape index (κ1) is 63.8. The van der Waals surface area contributed by atoms with E-state index in [2.05, 4.69) is 87.6 Å². The van der Waals surface area contributed by atoms with Crippen molar-refractivity contribution < 1.29 is 28.6 Å². The molecule has 0 heterocycles. The molecule has 0 aliphatic rings. The number of rotatable bonds is 51. The quantitative estimate of drug-likeness (QED) is 0.0262. The minimum absolute atomic E-state index is 0.0946. The zero-order valence-electron chi connectivity index (χ0n) is 44.2. The Morgan fingerprint density at radius 1 is 0.313 bits per heavy atom. The van der Waals surface area contributed by atoms with E-state index in [1.807, 2.05) is 6.08 Å². The summed E-state index contributed by atoms with van der Waals surface area (Å²) in [4.78, 5) is 38.1. The van der Waals surface area contributed by atoms with Crippen LogP contribution in [0.15, 0.2) is 72.9 Å². The van der Waals surface area contributed by atoms with E-state index in [-0.39, 0.29) is 37.5 Å². The molecule has 0 bridgehead atoms. The molecule has 0 amide bonds. The normalized spacial score (nSPS) is 12.6. The van der Waals surface area contributed by atoms with Gasteiger partial charge in [0.2, 0.25) is 0 Å². The molecule has 6 nitrogen and oxygen atoms in total. The molecule has 67 heavy (non-hydrogen) atoms. The molecule has 0 aliphatic carbocycles. The highest BCUT2D eigenvalue weighted by molar-refractivity contribution is 5.71. The lowest BCUT2D eigenvalue weighted by molar-refractivity contribution is -0.166. The Hall–Kier alpha value is -3.15. The lowest BCUT2D eigenvalue weighted by Gasteiger charge is -2.18. The highest BCUT2D eigenvalue weighted by atomic mass is 16.6. The molecule has 0 aromatic carbocycles. The van der Waals surface area contributed by atoms with Crippen molar-refractivity contribution in [3.63, 3.8) is 0 Å². The van der Waals surface area contributed by atoms with E-state index in [4.69, 9.17) is 14.2 Å². The lowest BCUT2D eigenvalue weighted by Crippen LogP contribution is -2.30. The van der Waals surface area contributed by atoms with Crippen LogP contribution < -0.4 is 0 Å². The smallest absolute Gasteiger partial charge is 0.306 e. The van der Waals surface area contributed by atoms with Gasteiger partial charge in [-0.15, -0.1) is 0 Å². The molecular weight excluding hydrogens is 829 g/mol. The molecule has 0 spiro atoms. The molecule has 0 aliphatic heterocycles. The maximum absolute atomic E-state index is 12.8. The zero-order chi connectivity index (χ0) is 48.6. The number of ether oxygens (including phenoxy) is 3. The molecule has 0 aromatic heterocycles. The number of esters is 3. The monoisotopic (exact) mass is 935 g/mol. The fourth-order valence-corrected chi connectivity index (χ4v) is 8.00. The number of unbranched alkanes of at least 4 members (excludes halogenated alkanes) is 28. The Kier molecular flexibility index (Phi) is 52.8. The van der Waals surface area contributed by atoms with Crippen LogP contribution in [0.25, 0.3) is 0 Å². The Balaban J connectivity index is 4.46. The summed E-state index contributed by atoms with van der Waals surface area (Å²) in [5.41, 5.74) is 0. The third-order valence-corrected chi connectivity index (χ3v) is 12.2. The number of carbonyl (C=O) groups excluding carboxylic acids is 3. The second-order valence-electron chi connectivity index (χ2n) is 18.8. The van der Waals surface area contributed by atoms with E-state index in [1.54, 1.807) is 0 Å². The van der Waals surface area contributed by atoms with Gasteiger partial charge in [-0.1, -0.05) is 273 Å². The van der Waals surface area contributed by atoms with Gasteiger partial charge in [-0.3, -0.25) is 14.4 Å². The van der Waals surface area contributed by atoms with Gasteiger partial charge >= 0.3 is 17.9 Å². The van der Waals surface area contributed by atoms with Crippen LogP contribution in [0.4, 0.5) is 0 Å². The van der Waals surface area contributed by atoms with Gasteiger partial charge in [0.25, 0.3) is 0 Å². The molecule has 1 atom stereocenters. The van der Waals surface area contributed by atoms with E-state index in [0.29, 0.717) is 19.3 Å². The average molecular weight is 936 g/mol. The Labute approximate surface area is 414 Å². The molecule has 0 saturated heterocycles. The summed E-state index contributed by atoms with van der Waals surface area (Å²) in [5.74, 6) is -0.971. The minimum Gasteiger partial charge on any atom is -0.462 e. The largest absolute Gasteiger partial charge is 0.462 e. The molecule has 0 radical (unpaired) electrons. The van der Waals surface area contributed by atoms with Crippen molar-refractivity contribution in [2.24, 2.45) is 0 Å². The summed E-state index contributed by atoms with van der Waals surface area (Å²) >= 11 is 0. The van der Waals surface area contributed by atoms with E-state index in [0.717, 1.165) is 77.0 Å². The van der Waals surface area contributed by atoms with Crippen molar-refractivity contribution in [2.75, 3.05) is 13.2 Å². The van der Waals surface area contributed by atoms with Crippen LogP contribution in [-0.4, -0.2) is 37.2 Å². The number of hydrogen-bond donors (Lipinski definition) is 0. The van der Waals surface area contributed by atoms with Crippen LogP contribution in [0.3, 0.4) is 0 Å². The van der Waals surface area contributed by atoms with Crippen molar-refractivity contribution in [3.05, 3.63) is 72.9 Å². The summed E-state index contributed by atoms with van der Waals surface area (Å²) in [6.07, 6.45) is 70.4. The Morgan fingerprint density at radius 3 is 0.910 bits per heavy atom. The maximum Gasteiger partial charge on any atom is 0.306 e. The molecule has 0 fully saturated rings. The molecule has 0 aromatic rings. The second kappa shape index (κ2) is 55.4. The molecule has 6 heteroatoms. The van der Waals surface area contributed by atoms with Crippen LogP contribution in [0.2, 0.25) is 0 Å². The van der Waals surface area contributed by atoms with E-state index >= 15 is 0 Å². The zero-order valence-corrected chi connectivity index (χ0v) is 44.2. The van der Waals surface area contributed by atoms with Gasteiger partial charge in [0.15, 0.2) is 6.10 Å². The predicted octanol–water partition coefficient (Wildman–Crippen LogP) is 19.0. The van der Waals surface area contributed by atoms with Gasteiger partial charge in [0.1, 0.15) is 13.2 Å². The third kappa shape index (κ3) is 53.7. The molecule has 0 saturated carbocycles. The topological polar surface area (TPSA) is 78.9 Å². The number of carbonyl (C=O) groups is 3. The van der Waals surface area contributed by atoms with E-state index in [9.17, 15) is 14.4 Å². The van der Waals surface area contributed by atoms with Crippen LogP contribution in [0, 0.1) is 0 Å². The predicted molar refractivity (Wildman–Crippen MR) is 288 cm³/mol. The second-order valence-corrected chi connectivity index (χ2v) is 18.8. The molecular formula is C61H106O6. The number of hydrogen-bond acceptors (Lipinski definition) is 6.